The van der Waals surface area contributed by atoms with E-state index < -0.39 is 0 Å². The lowest BCUT2D eigenvalue weighted by molar-refractivity contribution is 0.0551. The summed E-state index contributed by atoms with van der Waals surface area (Å²) in [4.78, 5) is 0. The highest BCUT2D eigenvalue weighted by atomic mass is 32.2. The molecule has 0 spiro atoms. The summed E-state index contributed by atoms with van der Waals surface area (Å²) in [6, 6.07) is 8.47. The number of thioether (sulfide) groups is 1. The van der Waals surface area contributed by atoms with Crippen molar-refractivity contribution in [2.24, 2.45) is 0 Å². The Kier molecular flexibility index (Phi) is 6.53. The lowest BCUT2D eigenvalue weighted by Gasteiger charge is -2.10. The summed E-state index contributed by atoms with van der Waals surface area (Å²) in [5.74, 6) is 1.68. The highest BCUT2D eigenvalue weighted by Gasteiger charge is 2.04. The lowest BCUT2D eigenvalue weighted by Crippen LogP contribution is -2.17. The fourth-order valence-corrected chi connectivity index (χ4v) is 2.32. The van der Waals surface area contributed by atoms with E-state index in [2.05, 4.69) is 31.2 Å². The van der Waals surface area contributed by atoms with Gasteiger partial charge in [0.2, 0.25) is 0 Å². The molecule has 0 aliphatic heterocycles. The van der Waals surface area contributed by atoms with Gasteiger partial charge in [-0.3, -0.25) is 0 Å². The van der Waals surface area contributed by atoms with Gasteiger partial charge in [0.05, 0.1) is 12.7 Å². The van der Waals surface area contributed by atoms with E-state index in [1.807, 2.05) is 6.92 Å². The van der Waals surface area contributed by atoms with Gasteiger partial charge in [-0.2, -0.15) is 11.8 Å². The van der Waals surface area contributed by atoms with E-state index in [0.717, 1.165) is 11.5 Å². The number of aryl methyl sites for hydroxylation is 1. The molecular weight excluding hydrogens is 220 g/mol. The largest absolute Gasteiger partial charge is 0.390 e. The average Bonchev–Trinajstić information content (AvgIpc) is 2.26. The Labute approximate surface area is 102 Å². The topological polar surface area (TPSA) is 29.5 Å². The van der Waals surface area contributed by atoms with Crippen molar-refractivity contribution >= 4 is 11.8 Å². The fraction of sp³-hybridized carbons (Fsp3) is 0.538. The van der Waals surface area contributed by atoms with Crippen molar-refractivity contribution < 1.29 is 9.84 Å². The minimum Gasteiger partial charge on any atom is -0.390 e. The second-order valence-corrected chi connectivity index (χ2v) is 4.85. The number of aliphatic hydroxyl groups excluding tert-OH is 1. The van der Waals surface area contributed by atoms with Gasteiger partial charge in [0, 0.05) is 18.1 Å². The molecule has 0 bridgehead atoms. The molecule has 0 aliphatic rings. The standard InChI is InChI=1S/C13H20O2S/c1-3-15-8-13(14)10-16-9-12-6-4-5-11(2)7-12/h4-7,13-14H,3,8-10H2,1-2H3. The molecule has 1 aromatic carbocycles. The molecular formula is C13H20O2S. The first-order valence-electron chi connectivity index (χ1n) is 5.61. The molecule has 3 heteroatoms. The fourth-order valence-electron chi connectivity index (χ4n) is 1.42. The smallest absolute Gasteiger partial charge is 0.0863 e. The number of hydrogen-bond donors (Lipinski definition) is 1. The zero-order valence-electron chi connectivity index (χ0n) is 9.98. The van der Waals surface area contributed by atoms with E-state index in [1.165, 1.54) is 11.1 Å². The summed E-state index contributed by atoms with van der Waals surface area (Å²) in [6.07, 6.45) is -0.352. The predicted molar refractivity (Wildman–Crippen MR) is 69.8 cm³/mol. The molecule has 1 unspecified atom stereocenters. The molecule has 1 N–H and O–H groups in total. The van der Waals surface area contributed by atoms with Gasteiger partial charge < -0.3 is 9.84 Å². The van der Waals surface area contributed by atoms with Crippen LogP contribution in [0.2, 0.25) is 0 Å². The van der Waals surface area contributed by atoms with E-state index >= 15 is 0 Å². The van der Waals surface area contributed by atoms with E-state index in [0.29, 0.717) is 13.2 Å². The Hall–Kier alpha value is -0.510. The SMILES string of the molecule is CCOCC(O)CSCc1cccc(C)c1. The maximum Gasteiger partial charge on any atom is 0.0863 e. The van der Waals surface area contributed by atoms with Gasteiger partial charge in [-0.05, 0) is 19.4 Å². The van der Waals surface area contributed by atoms with Crippen molar-refractivity contribution in [3.05, 3.63) is 35.4 Å². The molecule has 0 saturated heterocycles. The monoisotopic (exact) mass is 240 g/mol. The third-order valence-electron chi connectivity index (χ3n) is 2.18. The van der Waals surface area contributed by atoms with Crippen LogP contribution in [0, 0.1) is 6.92 Å². The van der Waals surface area contributed by atoms with Crippen molar-refractivity contribution in [3.63, 3.8) is 0 Å². The van der Waals surface area contributed by atoms with Crippen molar-refractivity contribution in [2.75, 3.05) is 19.0 Å². The number of aliphatic hydroxyl groups is 1. The Balaban J connectivity index is 2.20. The number of benzene rings is 1. The minimum absolute atomic E-state index is 0.352. The quantitative estimate of drug-likeness (QED) is 0.794. The molecule has 0 fully saturated rings. The first-order valence-corrected chi connectivity index (χ1v) is 6.77. The van der Waals surface area contributed by atoms with Crippen LogP contribution in [0.3, 0.4) is 0 Å². The van der Waals surface area contributed by atoms with E-state index in [1.54, 1.807) is 11.8 Å². The molecule has 1 aromatic rings. The van der Waals surface area contributed by atoms with Crippen LogP contribution < -0.4 is 0 Å². The van der Waals surface area contributed by atoms with Crippen molar-refractivity contribution in [3.8, 4) is 0 Å². The van der Waals surface area contributed by atoms with Crippen molar-refractivity contribution in [2.45, 2.75) is 25.7 Å². The third-order valence-corrected chi connectivity index (χ3v) is 3.33. The molecule has 0 saturated carbocycles. The molecule has 2 nitrogen and oxygen atoms in total. The van der Waals surface area contributed by atoms with Crippen LogP contribution in [0.15, 0.2) is 24.3 Å². The normalized spacial score (nSPS) is 12.7. The summed E-state index contributed by atoms with van der Waals surface area (Å²) in [7, 11) is 0. The molecule has 1 rings (SSSR count). The van der Waals surface area contributed by atoms with Gasteiger partial charge in [0.15, 0.2) is 0 Å². The van der Waals surface area contributed by atoms with Crippen LogP contribution in [0.5, 0.6) is 0 Å². The minimum atomic E-state index is -0.352. The van der Waals surface area contributed by atoms with Gasteiger partial charge in [0.1, 0.15) is 0 Å². The van der Waals surface area contributed by atoms with Crippen LogP contribution >= 0.6 is 11.8 Å². The van der Waals surface area contributed by atoms with Crippen LogP contribution in [-0.4, -0.2) is 30.2 Å². The maximum atomic E-state index is 9.57. The average molecular weight is 240 g/mol. The Bertz CT molecular complexity index is 302. The van der Waals surface area contributed by atoms with E-state index in [-0.39, 0.29) is 6.10 Å². The first kappa shape index (κ1) is 13.6. The maximum absolute atomic E-state index is 9.57. The molecule has 1 atom stereocenters. The zero-order chi connectivity index (χ0) is 11.8. The summed E-state index contributed by atoms with van der Waals surface area (Å²) in [5.41, 5.74) is 2.60. The highest BCUT2D eigenvalue weighted by Crippen LogP contribution is 2.14. The molecule has 0 aliphatic carbocycles. The second-order valence-electron chi connectivity index (χ2n) is 3.82. The Morgan fingerprint density at radius 3 is 2.94 bits per heavy atom. The molecule has 0 heterocycles. The third kappa shape index (κ3) is 5.54. The van der Waals surface area contributed by atoms with Gasteiger partial charge in [0.25, 0.3) is 0 Å². The zero-order valence-corrected chi connectivity index (χ0v) is 10.8. The van der Waals surface area contributed by atoms with E-state index in [4.69, 9.17) is 4.74 Å². The molecule has 0 radical (unpaired) electrons. The second kappa shape index (κ2) is 7.71. The summed E-state index contributed by atoms with van der Waals surface area (Å²) >= 11 is 1.74. The summed E-state index contributed by atoms with van der Waals surface area (Å²) in [5, 5.41) is 9.57. The molecule has 0 amide bonds. The Morgan fingerprint density at radius 2 is 2.25 bits per heavy atom. The van der Waals surface area contributed by atoms with Gasteiger partial charge in [-0.25, -0.2) is 0 Å². The van der Waals surface area contributed by atoms with Gasteiger partial charge in [-0.1, -0.05) is 29.8 Å². The summed E-state index contributed by atoms with van der Waals surface area (Å²) < 4.78 is 5.15. The molecule has 16 heavy (non-hydrogen) atoms. The number of rotatable bonds is 7. The van der Waals surface area contributed by atoms with Crippen molar-refractivity contribution in [1.29, 1.82) is 0 Å². The van der Waals surface area contributed by atoms with Crippen LogP contribution in [-0.2, 0) is 10.5 Å². The van der Waals surface area contributed by atoms with Gasteiger partial charge >= 0.3 is 0 Å². The van der Waals surface area contributed by atoms with Crippen molar-refractivity contribution in [1.82, 2.24) is 0 Å². The van der Waals surface area contributed by atoms with Crippen LogP contribution in [0.1, 0.15) is 18.1 Å². The molecule has 90 valence electrons. The number of ether oxygens (including phenoxy) is 1. The Morgan fingerprint density at radius 1 is 1.44 bits per heavy atom. The van der Waals surface area contributed by atoms with Gasteiger partial charge in [-0.15, -0.1) is 0 Å². The predicted octanol–water partition coefficient (Wildman–Crippen LogP) is 2.63. The summed E-state index contributed by atoms with van der Waals surface area (Å²) in [6.45, 7) is 5.14. The lowest BCUT2D eigenvalue weighted by atomic mass is 10.2. The van der Waals surface area contributed by atoms with Crippen LogP contribution in [0.25, 0.3) is 0 Å². The number of hydrogen-bond acceptors (Lipinski definition) is 3. The highest BCUT2D eigenvalue weighted by molar-refractivity contribution is 7.98. The van der Waals surface area contributed by atoms with Crippen LogP contribution in [0.4, 0.5) is 0 Å². The van der Waals surface area contributed by atoms with E-state index in [9.17, 15) is 5.11 Å². The first-order chi connectivity index (χ1) is 7.72. The molecule has 0 aromatic heterocycles.